The summed E-state index contributed by atoms with van der Waals surface area (Å²) in [7, 11) is 3.13. The Balaban J connectivity index is 3.27. The third-order valence-electron chi connectivity index (χ3n) is 3.17. The summed E-state index contributed by atoms with van der Waals surface area (Å²) in [4.78, 5) is 19.9. The maximum atomic E-state index is 12.3. The SMILES string of the molecule is CN=C(/N=C1/N(C)C(C)(C)P(=O)(O)N1C)NC. The second-order valence-electron chi connectivity index (χ2n) is 4.33. The highest BCUT2D eigenvalue weighted by Gasteiger charge is 2.55. The van der Waals surface area contributed by atoms with Gasteiger partial charge in [0.2, 0.25) is 11.9 Å². The van der Waals surface area contributed by atoms with Crippen LogP contribution >= 0.6 is 7.52 Å². The molecule has 1 aliphatic heterocycles. The van der Waals surface area contributed by atoms with Crippen molar-refractivity contribution >= 4 is 19.4 Å². The van der Waals surface area contributed by atoms with Crippen molar-refractivity contribution < 1.29 is 9.46 Å². The fraction of sp³-hybridized carbons (Fsp3) is 0.778. The molecule has 8 heteroatoms. The molecule has 0 aromatic rings. The molecule has 0 aromatic heterocycles. The molecule has 1 unspecified atom stereocenters. The van der Waals surface area contributed by atoms with Crippen LogP contribution in [0.3, 0.4) is 0 Å². The number of nitrogens with zero attached hydrogens (tertiary/aromatic N) is 4. The van der Waals surface area contributed by atoms with Crippen LogP contribution in [-0.2, 0) is 4.57 Å². The molecule has 0 spiro atoms. The van der Waals surface area contributed by atoms with Gasteiger partial charge in [-0.3, -0.25) is 14.2 Å². The van der Waals surface area contributed by atoms with E-state index in [2.05, 4.69) is 15.3 Å². The van der Waals surface area contributed by atoms with Gasteiger partial charge in [0.1, 0.15) is 5.28 Å². The van der Waals surface area contributed by atoms with Crippen molar-refractivity contribution in [2.75, 3.05) is 28.2 Å². The predicted octanol–water partition coefficient (Wildman–Crippen LogP) is 0.346. The molecule has 0 amide bonds. The van der Waals surface area contributed by atoms with Crippen LogP contribution in [0.5, 0.6) is 0 Å². The zero-order valence-corrected chi connectivity index (χ0v) is 12.0. The Morgan fingerprint density at radius 3 is 2.29 bits per heavy atom. The molecular weight excluding hydrogens is 241 g/mol. The van der Waals surface area contributed by atoms with E-state index in [1.54, 1.807) is 46.9 Å². The largest absolute Gasteiger partial charge is 0.358 e. The topological polar surface area (TPSA) is 80.5 Å². The van der Waals surface area contributed by atoms with Gasteiger partial charge in [-0.1, -0.05) is 0 Å². The van der Waals surface area contributed by atoms with Crippen LogP contribution in [0.15, 0.2) is 9.98 Å². The lowest BCUT2D eigenvalue weighted by atomic mass is 10.3. The number of hydrogen-bond donors (Lipinski definition) is 2. The fourth-order valence-corrected chi connectivity index (χ4v) is 3.24. The zero-order chi connectivity index (χ0) is 13.4. The van der Waals surface area contributed by atoms with Crippen LogP contribution < -0.4 is 5.32 Å². The Morgan fingerprint density at radius 2 is 2.00 bits per heavy atom. The lowest BCUT2D eigenvalue weighted by molar-refractivity contribution is 0.333. The molecule has 2 N–H and O–H groups in total. The van der Waals surface area contributed by atoms with Gasteiger partial charge in [0.25, 0.3) is 0 Å². The third-order valence-corrected chi connectivity index (χ3v) is 5.89. The van der Waals surface area contributed by atoms with Crippen molar-refractivity contribution in [2.24, 2.45) is 9.98 Å². The zero-order valence-electron chi connectivity index (χ0n) is 11.1. The Hall–Kier alpha value is -1.07. The Bertz CT molecular complexity index is 418. The first-order chi connectivity index (χ1) is 7.70. The van der Waals surface area contributed by atoms with Crippen molar-refractivity contribution in [3.8, 4) is 0 Å². The van der Waals surface area contributed by atoms with Crippen molar-refractivity contribution in [2.45, 2.75) is 19.1 Å². The smallest absolute Gasteiger partial charge is 0.320 e. The predicted molar refractivity (Wildman–Crippen MR) is 69.3 cm³/mol. The molecule has 0 aromatic carbocycles. The molecule has 0 aliphatic carbocycles. The maximum absolute atomic E-state index is 12.3. The van der Waals surface area contributed by atoms with Crippen molar-refractivity contribution in [3.05, 3.63) is 0 Å². The lowest BCUT2D eigenvalue weighted by Crippen LogP contribution is -2.39. The molecule has 7 nitrogen and oxygen atoms in total. The van der Waals surface area contributed by atoms with Gasteiger partial charge in [0.15, 0.2) is 0 Å². The monoisotopic (exact) mass is 261 g/mol. The molecule has 0 radical (unpaired) electrons. The standard InChI is InChI=1S/C9H20N5O2P/c1-9(2)13(5)8(12-7(10-3)11-4)14(6)17(9,15)16/h1-6H3,(H,10,11)(H,15,16)/b12-8-. The first-order valence-corrected chi connectivity index (χ1v) is 6.85. The highest BCUT2D eigenvalue weighted by atomic mass is 31.2. The van der Waals surface area contributed by atoms with E-state index < -0.39 is 12.8 Å². The fourth-order valence-electron chi connectivity index (χ4n) is 1.61. The molecule has 1 saturated heterocycles. The minimum Gasteiger partial charge on any atom is -0.358 e. The Morgan fingerprint density at radius 1 is 1.47 bits per heavy atom. The number of guanidine groups is 2. The molecule has 1 atom stereocenters. The normalized spacial score (nSPS) is 31.2. The third kappa shape index (κ3) is 1.93. The van der Waals surface area contributed by atoms with Crippen LogP contribution in [0.4, 0.5) is 0 Å². The highest BCUT2D eigenvalue weighted by molar-refractivity contribution is 7.58. The molecule has 0 saturated carbocycles. The van der Waals surface area contributed by atoms with Gasteiger partial charge >= 0.3 is 7.52 Å². The first kappa shape index (κ1) is 14.0. The maximum Gasteiger partial charge on any atom is 0.320 e. The lowest BCUT2D eigenvalue weighted by Gasteiger charge is -2.28. The van der Waals surface area contributed by atoms with Gasteiger partial charge in [-0.15, -0.1) is 0 Å². The van der Waals surface area contributed by atoms with Gasteiger partial charge in [-0.25, -0.2) is 0 Å². The van der Waals surface area contributed by atoms with E-state index in [4.69, 9.17) is 0 Å². The molecule has 98 valence electrons. The van der Waals surface area contributed by atoms with Gasteiger partial charge < -0.3 is 15.1 Å². The van der Waals surface area contributed by atoms with E-state index >= 15 is 0 Å². The summed E-state index contributed by atoms with van der Waals surface area (Å²) in [5.74, 6) is 0.840. The summed E-state index contributed by atoms with van der Waals surface area (Å²) in [5.41, 5.74) is 0. The van der Waals surface area contributed by atoms with Crippen molar-refractivity contribution in [1.29, 1.82) is 0 Å². The van der Waals surface area contributed by atoms with E-state index in [9.17, 15) is 9.46 Å². The summed E-state index contributed by atoms with van der Waals surface area (Å²) >= 11 is 0. The average Bonchev–Trinajstić information content (AvgIpc) is 2.38. The van der Waals surface area contributed by atoms with Crippen LogP contribution in [-0.4, -0.2) is 59.9 Å². The summed E-state index contributed by atoms with van der Waals surface area (Å²) in [6, 6.07) is 0. The summed E-state index contributed by atoms with van der Waals surface area (Å²) < 4.78 is 13.6. The summed E-state index contributed by atoms with van der Waals surface area (Å²) in [5, 5.41) is 1.94. The minimum atomic E-state index is -3.48. The number of rotatable bonds is 0. The van der Waals surface area contributed by atoms with E-state index in [0.29, 0.717) is 11.9 Å². The number of hydrogen-bond acceptors (Lipinski definition) is 2. The summed E-state index contributed by atoms with van der Waals surface area (Å²) in [6.07, 6.45) is 0. The van der Waals surface area contributed by atoms with Crippen LogP contribution in [0.2, 0.25) is 0 Å². The molecular formula is C9H20N5O2P. The molecule has 1 aliphatic rings. The Kier molecular flexibility index (Phi) is 3.55. The van der Waals surface area contributed by atoms with E-state index in [1.807, 2.05) is 0 Å². The summed E-state index contributed by atoms with van der Waals surface area (Å²) in [6.45, 7) is 3.43. The second-order valence-corrected chi connectivity index (χ2v) is 7.11. The number of nitrogens with one attached hydrogen (secondary N) is 1. The van der Waals surface area contributed by atoms with Crippen molar-refractivity contribution in [1.82, 2.24) is 14.9 Å². The second kappa shape index (κ2) is 4.31. The van der Waals surface area contributed by atoms with Crippen LogP contribution in [0.1, 0.15) is 13.8 Å². The quantitative estimate of drug-likeness (QED) is 0.373. The van der Waals surface area contributed by atoms with Gasteiger partial charge in [0, 0.05) is 28.2 Å². The van der Waals surface area contributed by atoms with Gasteiger partial charge in [-0.2, -0.15) is 4.99 Å². The molecule has 0 bridgehead atoms. The van der Waals surface area contributed by atoms with Crippen LogP contribution in [0.25, 0.3) is 0 Å². The van der Waals surface area contributed by atoms with Gasteiger partial charge in [0.05, 0.1) is 0 Å². The van der Waals surface area contributed by atoms with E-state index in [-0.39, 0.29) is 0 Å². The molecule has 1 rings (SSSR count). The molecule has 1 heterocycles. The number of aliphatic imine (C=N–C) groups is 2. The first-order valence-electron chi connectivity index (χ1n) is 5.24. The average molecular weight is 261 g/mol. The van der Waals surface area contributed by atoms with Crippen LogP contribution in [0, 0.1) is 0 Å². The molecule has 17 heavy (non-hydrogen) atoms. The minimum absolute atomic E-state index is 0.413. The van der Waals surface area contributed by atoms with E-state index in [1.165, 1.54) is 4.67 Å². The van der Waals surface area contributed by atoms with Crippen molar-refractivity contribution in [3.63, 3.8) is 0 Å². The highest BCUT2D eigenvalue weighted by Crippen LogP contribution is 2.62. The molecule has 1 fully saturated rings. The van der Waals surface area contributed by atoms with Gasteiger partial charge in [-0.05, 0) is 13.8 Å². The van der Waals surface area contributed by atoms with E-state index in [0.717, 1.165) is 0 Å². The Labute approximate surface area is 102 Å².